The second kappa shape index (κ2) is 7.93. The van der Waals surface area contributed by atoms with Crippen LogP contribution in [-0.4, -0.2) is 15.6 Å². The average Bonchev–Trinajstić information content (AvgIpc) is 3.19. The molecule has 2 heterocycles. The lowest BCUT2D eigenvalue weighted by atomic mass is 9.96. The molecule has 2 atom stereocenters. The fraction of sp³-hybridized carbons (Fsp3) is 0.136. The van der Waals surface area contributed by atoms with Crippen LogP contribution in [0, 0.1) is 10.1 Å². The van der Waals surface area contributed by atoms with Gasteiger partial charge in [0, 0.05) is 39.2 Å². The minimum Gasteiger partial charge on any atom is -0.463 e. The summed E-state index contributed by atoms with van der Waals surface area (Å²) in [4.78, 5) is 10.6. The number of rotatable bonds is 3. The number of hydrogen-bond acceptors (Lipinski definition) is 5. The fourth-order valence-electron chi connectivity index (χ4n) is 3.91. The van der Waals surface area contributed by atoms with E-state index in [1.54, 1.807) is 12.1 Å². The van der Waals surface area contributed by atoms with Crippen molar-refractivity contribution in [2.45, 2.75) is 18.7 Å². The highest BCUT2D eigenvalue weighted by Crippen LogP contribution is 2.50. The lowest BCUT2D eigenvalue weighted by Crippen LogP contribution is -2.33. The Kier molecular flexibility index (Phi) is 5.24. The van der Waals surface area contributed by atoms with Gasteiger partial charge in [-0.1, -0.05) is 39.7 Å². The number of non-ortho nitro benzene ring substituents is 1. The van der Waals surface area contributed by atoms with E-state index < -0.39 is 11.2 Å². The molecule has 156 valence electrons. The highest BCUT2D eigenvalue weighted by atomic mass is 79.9. The van der Waals surface area contributed by atoms with Gasteiger partial charge in [0.15, 0.2) is 0 Å². The van der Waals surface area contributed by atoms with Crippen molar-refractivity contribution in [2.75, 3.05) is 0 Å². The first-order valence-electron chi connectivity index (χ1n) is 9.42. The first-order chi connectivity index (χ1) is 14.9. The molecule has 2 aliphatic heterocycles. The number of nitro groups is 1. The normalized spacial score (nSPS) is 19.3. The molecule has 0 aliphatic carbocycles. The summed E-state index contributed by atoms with van der Waals surface area (Å²) in [7, 11) is 0. The van der Waals surface area contributed by atoms with Gasteiger partial charge in [-0.3, -0.25) is 10.1 Å². The molecule has 0 bridgehead atoms. The highest BCUT2D eigenvalue weighted by molar-refractivity contribution is 9.11. The van der Waals surface area contributed by atoms with E-state index in [1.807, 2.05) is 41.4 Å². The number of hydrazone groups is 1. The van der Waals surface area contributed by atoms with E-state index in [0.29, 0.717) is 11.4 Å². The zero-order chi connectivity index (χ0) is 21.7. The standard InChI is InChI=1S/C22H14Br2ClN3O3/c23-14-9-17-20-11-19(12-1-5-15(25)6-2-12)26-27(20)22(31-21(17)18(24)10-14)13-3-7-16(8-4-13)28(29)30/h1-10,20,22H,11H2. The Morgan fingerprint density at radius 1 is 1.10 bits per heavy atom. The van der Waals surface area contributed by atoms with Crippen LogP contribution in [-0.2, 0) is 0 Å². The Morgan fingerprint density at radius 2 is 1.81 bits per heavy atom. The largest absolute Gasteiger partial charge is 0.463 e. The molecule has 0 radical (unpaired) electrons. The van der Waals surface area contributed by atoms with Crippen molar-refractivity contribution < 1.29 is 9.66 Å². The number of benzene rings is 3. The van der Waals surface area contributed by atoms with Gasteiger partial charge in [0.25, 0.3) is 5.69 Å². The highest BCUT2D eigenvalue weighted by Gasteiger charge is 2.42. The molecule has 0 fully saturated rings. The maximum Gasteiger partial charge on any atom is 0.269 e. The van der Waals surface area contributed by atoms with Gasteiger partial charge in [-0.15, -0.1) is 0 Å². The number of fused-ring (bicyclic) bond motifs is 3. The SMILES string of the molecule is O=[N+]([O-])c1ccc(C2Oc3c(Br)cc(Br)cc3C3CC(c4ccc(Cl)cc4)=NN32)cc1. The maximum absolute atomic E-state index is 11.1. The van der Waals surface area contributed by atoms with E-state index in [9.17, 15) is 10.1 Å². The molecule has 2 aliphatic rings. The summed E-state index contributed by atoms with van der Waals surface area (Å²) in [5, 5.41) is 18.6. The van der Waals surface area contributed by atoms with Crippen LogP contribution < -0.4 is 4.74 Å². The molecule has 0 aromatic heterocycles. The lowest BCUT2D eigenvalue weighted by Gasteiger charge is -2.38. The molecule has 0 saturated carbocycles. The molecule has 31 heavy (non-hydrogen) atoms. The van der Waals surface area contributed by atoms with Crippen LogP contribution in [0.4, 0.5) is 5.69 Å². The van der Waals surface area contributed by atoms with E-state index in [1.165, 1.54) is 12.1 Å². The van der Waals surface area contributed by atoms with Crippen molar-refractivity contribution in [2.24, 2.45) is 5.10 Å². The first kappa shape index (κ1) is 20.5. The van der Waals surface area contributed by atoms with Gasteiger partial charge in [0.05, 0.1) is 21.1 Å². The molecule has 0 saturated heterocycles. The number of nitro benzene ring substituents is 1. The molecule has 3 aromatic rings. The van der Waals surface area contributed by atoms with E-state index in [-0.39, 0.29) is 11.7 Å². The molecule has 3 aromatic carbocycles. The van der Waals surface area contributed by atoms with Crippen LogP contribution in [0.3, 0.4) is 0 Å². The van der Waals surface area contributed by atoms with Crippen molar-refractivity contribution in [3.63, 3.8) is 0 Å². The predicted molar refractivity (Wildman–Crippen MR) is 125 cm³/mol. The number of halogens is 3. The van der Waals surface area contributed by atoms with Gasteiger partial charge in [0.1, 0.15) is 5.75 Å². The van der Waals surface area contributed by atoms with Crippen LogP contribution in [0.2, 0.25) is 5.02 Å². The summed E-state index contributed by atoms with van der Waals surface area (Å²) in [6.45, 7) is 0. The van der Waals surface area contributed by atoms with Crippen molar-refractivity contribution in [3.8, 4) is 5.75 Å². The molecule has 0 spiro atoms. The number of hydrogen-bond donors (Lipinski definition) is 0. The third kappa shape index (κ3) is 3.73. The van der Waals surface area contributed by atoms with Crippen molar-refractivity contribution in [1.29, 1.82) is 0 Å². The summed E-state index contributed by atoms with van der Waals surface area (Å²) in [6.07, 6.45) is 0.185. The molecule has 2 unspecified atom stereocenters. The van der Waals surface area contributed by atoms with Crippen LogP contribution in [0.15, 0.2) is 74.7 Å². The second-order valence-corrected chi connectivity index (χ2v) is 9.48. The number of nitrogens with zero attached hydrogens (tertiary/aromatic N) is 3. The summed E-state index contributed by atoms with van der Waals surface area (Å²) in [5.74, 6) is 0.750. The molecule has 6 nitrogen and oxygen atoms in total. The van der Waals surface area contributed by atoms with E-state index >= 15 is 0 Å². The van der Waals surface area contributed by atoms with E-state index in [2.05, 4.69) is 31.9 Å². The first-order valence-corrected chi connectivity index (χ1v) is 11.4. The van der Waals surface area contributed by atoms with Gasteiger partial charge >= 0.3 is 0 Å². The summed E-state index contributed by atoms with van der Waals surface area (Å²) in [5.41, 5.74) is 3.77. The van der Waals surface area contributed by atoms with Crippen molar-refractivity contribution in [3.05, 3.63) is 101 Å². The minimum absolute atomic E-state index is 0.0356. The Bertz CT molecular complexity index is 1220. The quantitative estimate of drug-likeness (QED) is 0.254. The van der Waals surface area contributed by atoms with Gasteiger partial charge in [-0.05, 0) is 57.9 Å². The minimum atomic E-state index is -0.513. The monoisotopic (exact) mass is 561 g/mol. The molecule has 0 N–H and O–H groups in total. The third-order valence-corrected chi connectivity index (χ3v) is 6.67. The second-order valence-electron chi connectivity index (χ2n) is 7.28. The zero-order valence-electron chi connectivity index (χ0n) is 15.8. The molecule has 0 amide bonds. The molecular formula is C22H14Br2ClN3O3. The Balaban J connectivity index is 1.60. The van der Waals surface area contributed by atoms with Gasteiger partial charge < -0.3 is 4.74 Å². The molecular weight excluding hydrogens is 550 g/mol. The smallest absolute Gasteiger partial charge is 0.269 e. The fourth-order valence-corrected chi connectivity index (χ4v) is 5.39. The van der Waals surface area contributed by atoms with Crippen LogP contribution in [0.1, 0.15) is 35.4 Å². The summed E-state index contributed by atoms with van der Waals surface area (Å²) in [6, 6.07) is 18.0. The zero-order valence-corrected chi connectivity index (χ0v) is 19.8. The lowest BCUT2D eigenvalue weighted by molar-refractivity contribution is -0.384. The van der Waals surface area contributed by atoms with E-state index in [0.717, 1.165) is 37.1 Å². The Hall–Kier alpha value is -2.42. The van der Waals surface area contributed by atoms with Crippen LogP contribution in [0.25, 0.3) is 0 Å². The number of ether oxygens (including phenoxy) is 1. The third-order valence-electron chi connectivity index (χ3n) is 5.37. The predicted octanol–water partition coefficient (Wildman–Crippen LogP) is 7.02. The molecule has 9 heteroatoms. The van der Waals surface area contributed by atoms with Gasteiger partial charge in [-0.25, -0.2) is 5.01 Å². The van der Waals surface area contributed by atoms with Gasteiger partial charge in [0.2, 0.25) is 6.23 Å². The topological polar surface area (TPSA) is 68.0 Å². The van der Waals surface area contributed by atoms with E-state index in [4.69, 9.17) is 21.4 Å². The van der Waals surface area contributed by atoms with Gasteiger partial charge in [-0.2, -0.15) is 5.10 Å². The average molecular weight is 564 g/mol. The van der Waals surface area contributed by atoms with Crippen molar-refractivity contribution >= 4 is 54.9 Å². The summed E-state index contributed by atoms with van der Waals surface area (Å²) < 4.78 is 8.16. The summed E-state index contributed by atoms with van der Waals surface area (Å²) >= 11 is 13.2. The van der Waals surface area contributed by atoms with Crippen LogP contribution in [0.5, 0.6) is 5.75 Å². The Labute approximate surface area is 199 Å². The Morgan fingerprint density at radius 3 is 2.48 bits per heavy atom. The maximum atomic E-state index is 11.1. The van der Waals surface area contributed by atoms with Crippen LogP contribution >= 0.6 is 43.5 Å². The molecule has 5 rings (SSSR count). The van der Waals surface area contributed by atoms with Crippen molar-refractivity contribution in [1.82, 2.24) is 5.01 Å².